The molecule has 0 aromatic carbocycles. The maximum Gasteiger partial charge on any atom is 0.0621 e. The molecule has 0 radical (unpaired) electrons. The van der Waals surface area contributed by atoms with E-state index >= 15 is 0 Å². The highest BCUT2D eigenvalue weighted by atomic mass is 32.1. The molecular formula is C14H23NOS. The van der Waals surface area contributed by atoms with Gasteiger partial charge in [0, 0.05) is 27.3 Å². The number of aliphatic hydroxyl groups is 1. The minimum absolute atomic E-state index is 0.00717. The second kappa shape index (κ2) is 4.38. The lowest BCUT2D eigenvalue weighted by Crippen LogP contribution is -2.60. The van der Waals surface area contributed by atoms with Crippen LogP contribution in [0.3, 0.4) is 0 Å². The van der Waals surface area contributed by atoms with Crippen LogP contribution < -0.4 is 5.32 Å². The van der Waals surface area contributed by atoms with Crippen LogP contribution in [0.15, 0.2) is 6.07 Å². The highest BCUT2D eigenvalue weighted by Gasteiger charge is 2.47. The lowest BCUT2D eigenvalue weighted by Gasteiger charge is -2.50. The summed E-state index contributed by atoms with van der Waals surface area (Å²) in [5.41, 5.74) is 1.41. The lowest BCUT2D eigenvalue weighted by molar-refractivity contribution is -0.0754. The van der Waals surface area contributed by atoms with Crippen LogP contribution in [0.5, 0.6) is 0 Å². The molecule has 3 heteroatoms. The third-order valence-corrected chi connectivity index (χ3v) is 5.19. The Balaban J connectivity index is 2.03. The highest BCUT2D eigenvalue weighted by Crippen LogP contribution is 2.41. The van der Waals surface area contributed by atoms with E-state index in [9.17, 15) is 5.11 Å². The molecule has 3 unspecified atom stereocenters. The zero-order chi connectivity index (χ0) is 12.8. The van der Waals surface area contributed by atoms with Gasteiger partial charge < -0.3 is 10.4 Å². The van der Waals surface area contributed by atoms with Gasteiger partial charge in [0.15, 0.2) is 0 Å². The van der Waals surface area contributed by atoms with Gasteiger partial charge in [-0.2, -0.15) is 0 Å². The van der Waals surface area contributed by atoms with E-state index in [1.165, 1.54) is 15.3 Å². The fourth-order valence-corrected chi connectivity index (χ4v) is 3.68. The molecule has 1 aromatic rings. The molecule has 1 heterocycles. The molecule has 0 saturated heterocycles. The van der Waals surface area contributed by atoms with Crippen molar-refractivity contribution in [1.82, 2.24) is 5.32 Å². The first-order chi connectivity index (χ1) is 7.82. The van der Waals surface area contributed by atoms with Crippen molar-refractivity contribution >= 4 is 11.3 Å². The first-order valence-electron chi connectivity index (χ1n) is 6.33. The number of hydrogen-bond donors (Lipinski definition) is 2. The van der Waals surface area contributed by atoms with E-state index in [4.69, 9.17) is 0 Å². The minimum atomic E-state index is -0.155. The van der Waals surface area contributed by atoms with Gasteiger partial charge in [0.25, 0.3) is 0 Å². The molecule has 96 valence electrons. The number of aryl methyl sites for hydroxylation is 2. The molecule has 1 saturated carbocycles. The molecule has 1 aromatic heterocycles. The normalized spacial score (nSPS) is 28.8. The zero-order valence-corrected chi connectivity index (χ0v) is 12.2. The molecule has 0 amide bonds. The lowest BCUT2D eigenvalue weighted by atomic mass is 9.64. The molecule has 2 N–H and O–H groups in total. The Morgan fingerprint density at radius 1 is 1.47 bits per heavy atom. The van der Waals surface area contributed by atoms with Gasteiger partial charge in [0.1, 0.15) is 0 Å². The Morgan fingerprint density at radius 3 is 2.53 bits per heavy atom. The van der Waals surface area contributed by atoms with E-state index < -0.39 is 0 Å². The first-order valence-corrected chi connectivity index (χ1v) is 7.15. The molecule has 17 heavy (non-hydrogen) atoms. The van der Waals surface area contributed by atoms with E-state index in [2.05, 4.69) is 46.0 Å². The van der Waals surface area contributed by atoms with Crippen LogP contribution in [-0.4, -0.2) is 17.3 Å². The molecule has 1 aliphatic carbocycles. The summed E-state index contributed by atoms with van der Waals surface area (Å²) in [7, 11) is 0. The van der Waals surface area contributed by atoms with Crippen LogP contribution in [0.4, 0.5) is 0 Å². The molecule has 0 spiro atoms. The monoisotopic (exact) mass is 253 g/mol. The number of aliphatic hydroxyl groups excluding tert-OH is 1. The quantitative estimate of drug-likeness (QED) is 0.867. The second-order valence-electron chi connectivity index (χ2n) is 5.88. The van der Waals surface area contributed by atoms with Crippen molar-refractivity contribution in [3.8, 4) is 0 Å². The summed E-state index contributed by atoms with van der Waals surface area (Å²) in [5, 5.41) is 13.4. The Labute approximate surface area is 108 Å². The Kier molecular flexibility index (Phi) is 3.36. The molecule has 0 bridgehead atoms. The van der Waals surface area contributed by atoms with Crippen LogP contribution >= 0.6 is 11.3 Å². The predicted octanol–water partition coefficient (Wildman–Crippen LogP) is 3.17. The highest BCUT2D eigenvalue weighted by molar-refractivity contribution is 7.12. The van der Waals surface area contributed by atoms with Crippen LogP contribution in [0.2, 0.25) is 0 Å². The average molecular weight is 253 g/mol. The van der Waals surface area contributed by atoms with Crippen molar-refractivity contribution in [2.45, 2.75) is 59.2 Å². The summed E-state index contributed by atoms with van der Waals surface area (Å²) in [5.74, 6) is 0. The standard InChI is InChI=1S/C14H23NOS/c1-8-6-11(10(3)17-8)9(2)15-12-7-13(16)14(12,4)5/h6,9,12-13,15-16H,7H2,1-5H3. The third-order valence-electron chi connectivity index (χ3n) is 4.21. The number of rotatable bonds is 3. The summed E-state index contributed by atoms with van der Waals surface area (Å²) in [6.45, 7) is 10.8. The third kappa shape index (κ3) is 2.28. The molecule has 2 nitrogen and oxygen atoms in total. The van der Waals surface area contributed by atoms with Crippen molar-refractivity contribution in [2.75, 3.05) is 0 Å². The fourth-order valence-electron chi connectivity index (χ4n) is 2.66. The molecule has 1 fully saturated rings. The van der Waals surface area contributed by atoms with E-state index in [1.807, 2.05) is 11.3 Å². The number of nitrogens with one attached hydrogen (secondary N) is 1. The van der Waals surface area contributed by atoms with Gasteiger partial charge in [-0.25, -0.2) is 0 Å². The predicted molar refractivity (Wildman–Crippen MR) is 73.5 cm³/mol. The fraction of sp³-hybridized carbons (Fsp3) is 0.714. The molecule has 3 atom stereocenters. The minimum Gasteiger partial charge on any atom is -0.392 e. The van der Waals surface area contributed by atoms with E-state index in [0.29, 0.717) is 12.1 Å². The van der Waals surface area contributed by atoms with Gasteiger partial charge in [-0.15, -0.1) is 11.3 Å². The molecule has 2 rings (SSSR count). The topological polar surface area (TPSA) is 32.3 Å². The van der Waals surface area contributed by atoms with Gasteiger partial charge in [0.05, 0.1) is 6.10 Å². The van der Waals surface area contributed by atoms with Gasteiger partial charge in [-0.3, -0.25) is 0 Å². The van der Waals surface area contributed by atoms with Gasteiger partial charge in [0.2, 0.25) is 0 Å². The van der Waals surface area contributed by atoms with Gasteiger partial charge in [-0.05, 0) is 38.8 Å². The van der Waals surface area contributed by atoms with Crippen molar-refractivity contribution in [3.05, 3.63) is 21.4 Å². The molecule has 1 aliphatic rings. The summed E-state index contributed by atoms with van der Waals surface area (Å²) in [6, 6.07) is 3.07. The Hall–Kier alpha value is -0.380. The summed E-state index contributed by atoms with van der Waals surface area (Å²) in [6.07, 6.45) is 0.719. The van der Waals surface area contributed by atoms with Crippen molar-refractivity contribution < 1.29 is 5.11 Å². The summed E-state index contributed by atoms with van der Waals surface area (Å²) in [4.78, 5) is 2.78. The van der Waals surface area contributed by atoms with Crippen LogP contribution in [0.1, 0.15) is 48.6 Å². The SMILES string of the molecule is Cc1cc(C(C)NC2CC(O)C2(C)C)c(C)s1. The summed E-state index contributed by atoms with van der Waals surface area (Å²) < 4.78 is 0. The van der Waals surface area contributed by atoms with Crippen molar-refractivity contribution in [2.24, 2.45) is 5.41 Å². The maximum atomic E-state index is 9.75. The van der Waals surface area contributed by atoms with Crippen molar-refractivity contribution in [3.63, 3.8) is 0 Å². The van der Waals surface area contributed by atoms with Crippen LogP contribution in [0.25, 0.3) is 0 Å². The van der Waals surface area contributed by atoms with Crippen LogP contribution in [-0.2, 0) is 0 Å². The van der Waals surface area contributed by atoms with E-state index in [-0.39, 0.29) is 11.5 Å². The first kappa shape index (κ1) is 13.1. The van der Waals surface area contributed by atoms with Crippen molar-refractivity contribution in [1.29, 1.82) is 0 Å². The Bertz CT molecular complexity index is 410. The number of thiophene rings is 1. The Morgan fingerprint density at radius 2 is 2.12 bits per heavy atom. The van der Waals surface area contributed by atoms with E-state index in [1.54, 1.807) is 0 Å². The largest absolute Gasteiger partial charge is 0.392 e. The summed E-state index contributed by atoms with van der Waals surface area (Å²) >= 11 is 1.86. The zero-order valence-electron chi connectivity index (χ0n) is 11.4. The van der Waals surface area contributed by atoms with Crippen LogP contribution in [0, 0.1) is 19.3 Å². The molecule has 0 aliphatic heterocycles. The van der Waals surface area contributed by atoms with E-state index in [0.717, 1.165) is 6.42 Å². The smallest absolute Gasteiger partial charge is 0.0621 e. The number of hydrogen-bond acceptors (Lipinski definition) is 3. The maximum absolute atomic E-state index is 9.75. The average Bonchev–Trinajstić information content (AvgIpc) is 2.57. The van der Waals surface area contributed by atoms with Gasteiger partial charge in [-0.1, -0.05) is 13.8 Å². The van der Waals surface area contributed by atoms with Gasteiger partial charge >= 0.3 is 0 Å². The second-order valence-corrected chi connectivity index (χ2v) is 7.34. The molecular weight excluding hydrogens is 230 g/mol.